The van der Waals surface area contributed by atoms with Gasteiger partial charge in [0.2, 0.25) is 0 Å². The lowest BCUT2D eigenvalue weighted by Gasteiger charge is -2.48. The van der Waals surface area contributed by atoms with Gasteiger partial charge in [-0.2, -0.15) is 0 Å². The van der Waals surface area contributed by atoms with Crippen LogP contribution in [0.15, 0.2) is 18.2 Å². The molecule has 0 atom stereocenters. The van der Waals surface area contributed by atoms with Crippen LogP contribution in [0.2, 0.25) is 0 Å². The molecule has 148 valence electrons. The van der Waals surface area contributed by atoms with E-state index in [1.807, 2.05) is 0 Å². The van der Waals surface area contributed by atoms with Gasteiger partial charge in [0.1, 0.15) is 23.2 Å². The van der Waals surface area contributed by atoms with Crippen LogP contribution in [0.5, 0.6) is 11.5 Å². The number of piperidine rings is 1. The Hall–Kier alpha value is -1.07. The lowest BCUT2D eigenvalue weighted by molar-refractivity contribution is -0.0337. The van der Waals surface area contributed by atoms with Gasteiger partial charge in [0.25, 0.3) is 0 Å². The molecule has 3 heterocycles. The van der Waals surface area contributed by atoms with Crippen molar-refractivity contribution < 1.29 is 13.7 Å². The number of rotatable bonds is 3. The van der Waals surface area contributed by atoms with Gasteiger partial charge in [-0.1, -0.05) is 6.42 Å². The molecular formula is C22H31NO3S. The maximum absolute atomic E-state index is 11.5. The highest BCUT2D eigenvalue weighted by Gasteiger charge is 2.41. The van der Waals surface area contributed by atoms with Crippen LogP contribution < -0.4 is 9.47 Å². The SMILES string of the molecule is O=S1CCC(Oc2ccc3c(c2)CCC2(CCN(C4CCC4)CC2)O3)CC1. The predicted octanol–water partition coefficient (Wildman–Crippen LogP) is 3.69. The monoisotopic (exact) mass is 389 g/mol. The van der Waals surface area contributed by atoms with Crippen LogP contribution in [0.4, 0.5) is 0 Å². The summed E-state index contributed by atoms with van der Waals surface area (Å²) in [6, 6.07) is 7.21. The first kappa shape index (κ1) is 18.0. The molecule has 1 aliphatic carbocycles. The molecule has 0 N–H and O–H groups in total. The third kappa shape index (κ3) is 3.77. The van der Waals surface area contributed by atoms with E-state index in [4.69, 9.17) is 9.47 Å². The molecule has 1 aromatic carbocycles. The molecule has 1 spiro atoms. The molecule has 0 unspecified atom stereocenters. The van der Waals surface area contributed by atoms with Crippen LogP contribution >= 0.6 is 0 Å². The summed E-state index contributed by atoms with van der Waals surface area (Å²) in [6.45, 7) is 2.40. The molecule has 3 aliphatic heterocycles. The number of nitrogens with zero attached hydrogens (tertiary/aromatic N) is 1. The van der Waals surface area contributed by atoms with Crippen LogP contribution in [0.3, 0.4) is 0 Å². The average Bonchev–Trinajstić information content (AvgIpc) is 2.64. The predicted molar refractivity (Wildman–Crippen MR) is 108 cm³/mol. The fourth-order valence-electron chi connectivity index (χ4n) is 5.05. The van der Waals surface area contributed by atoms with Crippen molar-refractivity contribution in [3.8, 4) is 11.5 Å². The second-order valence-electron chi connectivity index (χ2n) is 8.84. The van der Waals surface area contributed by atoms with E-state index >= 15 is 0 Å². The van der Waals surface area contributed by atoms with E-state index < -0.39 is 10.8 Å². The van der Waals surface area contributed by atoms with Gasteiger partial charge < -0.3 is 14.4 Å². The number of aryl methyl sites for hydroxylation is 1. The zero-order valence-electron chi connectivity index (χ0n) is 16.2. The van der Waals surface area contributed by atoms with E-state index in [-0.39, 0.29) is 11.7 Å². The molecule has 0 radical (unpaired) electrons. The number of ether oxygens (including phenoxy) is 2. The molecular weight excluding hydrogens is 358 g/mol. The minimum atomic E-state index is -0.634. The van der Waals surface area contributed by atoms with E-state index in [2.05, 4.69) is 23.1 Å². The van der Waals surface area contributed by atoms with Crippen LogP contribution in [-0.4, -0.2) is 51.5 Å². The maximum Gasteiger partial charge on any atom is 0.123 e. The van der Waals surface area contributed by atoms with Crippen LogP contribution in [0, 0.1) is 0 Å². The highest BCUT2D eigenvalue weighted by atomic mass is 32.2. The first-order chi connectivity index (χ1) is 13.2. The fraction of sp³-hybridized carbons (Fsp3) is 0.727. The summed E-state index contributed by atoms with van der Waals surface area (Å²) >= 11 is 0. The topological polar surface area (TPSA) is 38.8 Å². The third-order valence-corrected chi connectivity index (χ3v) is 8.53. The Morgan fingerprint density at radius 2 is 1.85 bits per heavy atom. The van der Waals surface area contributed by atoms with Gasteiger partial charge in [-0.3, -0.25) is 4.21 Å². The molecule has 1 saturated carbocycles. The van der Waals surface area contributed by atoms with Crippen molar-refractivity contribution in [2.75, 3.05) is 24.6 Å². The summed E-state index contributed by atoms with van der Waals surface area (Å²) in [7, 11) is -0.634. The van der Waals surface area contributed by atoms with Crippen LogP contribution in [-0.2, 0) is 17.2 Å². The fourth-order valence-corrected chi connectivity index (χ4v) is 6.31. The Bertz CT molecular complexity index is 700. The Morgan fingerprint density at radius 1 is 1.07 bits per heavy atom. The number of hydrogen-bond donors (Lipinski definition) is 0. The Kier molecular flexibility index (Phi) is 4.93. The summed E-state index contributed by atoms with van der Waals surface area (Å²) in [6.07, 6.45) is 10.8. The second-order valence-corrected chi connectivity index (χ2v) is 10.5. The van der Waals surface area contributed by atoms with Crippen LogP contribution in [0.25, 0.3) is 0 Å². The van der Waals surface area contributed by atoms with Crippen molar-refractivity contribution in [3.63, 3.8) is 0 Å². The molecule has 4 nitrogen and oxygen atoms in total. The van der Waals surface area contributed by atoms with Crippen molar-refractivity contribution in [1.82, 2.24) is 4.90 Å². The minimum absolute atomic E-state index is 0.0586. The molecule has 0 bridgehead atoms. The van der Waals surface area contributed by atoms with Gasteiger partial charge in [0.15, 0.2) is 0 Å². The lowest BCUT2D eigenvalue weighted by Crippen LogP contribution is -2.53. The lowest BCUT2D eigenvalue weighted by atomic mass is 9.81. The van der Waals surface area contributed by atoms with Crippen molar-refractivity contribution in [2.45, 2.75) is 75.5 Å². The van der Waals surface area contributed by atoms with E-state index in [1.54, 1.807) is 0 Å². The summed E-state index contributed by atoms with van der Waals surface area (Å²) in [4.78, 5) is 2.70. The maximum atomic E-state index is 11.5. The molecule has 1 aromatic rings. The van der Waals surface area contributed by atoms with E-state index in [0.29, 0.717) is 0 Å². The molecule has 0 aromatic heterocycles. The normalized spacial score (nSPS) is 31.0. The molecule has 5 heteroatoms. The van der Waals surface area contributed by atoms with E-state index in [1.165, 1.54) is 50.8 Å². The summed E-state index contributed by atoms with van der Waals surface area (Å²) < 4.78 is 24.3. The minimum Gasteiger partial charge on any atom is -0.490 e. The number of likely N-dealkylation sites (tertiary alicyclic amines) is 1. The molecule has 27 heavy (non-hydrogen) atoms. The first-order valence-corrected chi connectivity index (χ1v) is 12.3. The van der Waals surface area contributed by atoms with Crippen LogP contribution in [0.1, 0.15) is 56.9 Å². The van der Waals surface area contributed by atoms with Crippen molar-refractivity contribution in [3.05, 3.63) is 23.8 Å². The average molecular weight is 390 g/mol. The Morgan fingerprint density at radius 3 is 2.56 bits per heavy atom. The van der Waals surface area contributed by atoms with Crippen molar-refractivity contribution in [2.24, 2.45) is 0 Å². The van der Waals surface area contributed by atoms with Gasteiger partial charge >= 0.3 is 0 Å². The van der Waals surface area contributed by atoms with Gasteiger partial charge in [-0.15, -0.1) is 0 Å². The van der Waals surface area contributed by atoms with Gasteiger partial charge in [0, 0.05) is 41.4 Å². The highest BCUT2D eigenvalue weighted by molar-refractivity contribution is 7.85. The highest BCUT2D eigenvalue weighted by Crippen LogP contribution is 2.42. The zero-order valence-corrected chi connectivity index (χ0v) is 17.0. The van der Waals surface area contributed by atoms with Gasteiger partial charge in [0.05, 0.1) is 0 Å². The summed E-state index contributed by atoms with van der Waals surface area (Å²) in [5.74, 6) is 3.57. The molecule has 5 rings (SSSR count). The van der Waals surface area contributed by atoms with E-state index in [9.17, 15) is 4.21 Å². The Labute approximate surface area is 165 Å². The summed E-state index contributed by atoms with van der Waals surface area (Å²) in [5.41, 5.74) is 1.35. The molecule has 2 saturated heterocycles. The van der Waals surface area contributed by atoms with Crippen molar-refractivity contribution in [1.29, 1.82) is 0 Å². The molecule has 0 amide bonds. The van der Waals surface area contributed by atoms with E-state index in [0.717, 1.165) is 54.7 Å². The van der Waals surface area contributed by atoms with Gasteiger partial charge in [-0.25, -0.2) is 0 Å². The Balaban J connectivity index is 1.21. The molecule has 4 aliphatic rings. The standard InChI is InChI=1S/C22H31NO3S/c24-27-14-7-19(8-15-27)25-20-4-5-21-17(16-20)6-9-22(26-21)10-12-23(13-11-22)18-2-1-3-18/h4-5,16,18-19H,1-3,6-15H2. The summed E-state index contributed by atoms with van der Waals surface area (Å²) in [5, 5.41) is 0. The third-order valence-electron chi connectivity index (χ3n) is 7.15. The van der Waals surface area contributed by atoms with Crippen molar-refractivity contribution >= 4 is 10.8 Å². The first-order valence-electron chi connectivity index (χ1n) is 10.8. The number of hydrogen-bond acceptors (Lipinski definition) is 4. The molecule has 3 fully saturated rings. The number of fused-ring (bicyclic) bond motifs is 1. The smallest absolute Gasteiger partial charge is 0.123 e. The largest absolute Gasteiger partial charge is 0.490 e. The quantitative estimate of drug-likeness (QED) is 0.790. The zero-order chi connectivity index (χ0) is 18.3. The number of benzene rings is 1. The van der Waals surface area contributed by atoms with Gasteiger partial charge in [-0.05, 0) is 75.1 Å². The second kappa shape index (κ2) is 7.40.